The van der Waals surface area contributed by atoms with Gasteiger partial charge in [-0.1, -0.05) is 13.3 Å². The number of rotatable bonds is 6. The maximum atomic E-state index is 11.8. The first kappa shape index (κ1) is 12.9. The summed E-state index contributed by atoms with van der Waals surface area (Å²) in [5, 5.41) is 6.42. The molecule has 98 valence electrons. The van der Waals surface area contributed by atoms with E-state index in [0.29, 0.717) is 12.1 Å². The molecule has 1 amide bonds. The second-order valence-corrected chi connectivity index (χ2v) is 5.16. The minimum Gasteiger partial charge on any atom is -0.383 e. The quantitative estimate of drug-likeness (QED) is 0.809. The van der Waals surface area contributed by atoms with E-state index in [1.165, 1.54) is 6.42 Å². The van der Waals surface area contributed by atoms with Crippen LogP contribution in [0.25, 0.3) is 0 Å². The van der Waals surface area contributed by atoms with Crippen molar-refractivity contribution in [1.29, 1.82) is 0 Å². The van der Waals surface area contributed by atoms with Gasteiger partial charge in [0.05, 0.1) is 0 Å². The summed E-state index contributed by atoms with van der Waals surface area (Å²) in [5.74, 6) is 0.0469. The molecule has 2 rings (SSSR count). The van der Waals surface area contributed by atoms with E-state index in [1.54, 1.807) is 0 Å². The average molecular weight is 246 g/mol. The lowest BCUT2D eigenvalue weighted by Gasteiger charge is -2.14. The van der Waals surface area contributed by atoms with E-state index in [0.717, 1.165) is 30.5 Å². The molecule has 1 aromatic carbocycles. The summed E-state index contributed by atoms with van der Waals surface area (Å²) >= 11 is 0. The first-order valence-electron chi connectivity index (χ1n) is 6.86. The van der Waals surface area contributed by atoms with Gasteiger partial charge < -0.3 is 10.6 Å². The number of hydrogen-bond acceptors (Lipinski definition) is 2. The highest BCUT2D eigenvalue weighted by molar-refractivity contribution is 5.94. The molecule has 0 aromatic heterocycles. The van der Waals surface area contributed by atoms with Gasteiger partial charge in [-0.3, -0.25) is 4.79 Å². The molecule has 2 N–H and O–H groups in total. The summed E-state index contributed by atoms with van der Waals surface area (Å²) in [6.45, 7) is 4.36. The molecule has 1 aliphatic rings. The summed E-state index contributed by atoms with van der Waals surface area (Å²) in [4.78, 5) is 11.8. The van der Waals surface area contributed by atoms with Crippen molar-refractivity contribution in [3.05, 3.63) is 29.8 Å². The molecule has 1 atom stereocenters. The zero-order valence-corrected chi connectivity index (χ0v) is 11.2. The van der Waals surface area contributed by atoms with E-state index in [-0.39, 0.29) is 5.91 Å². The molecule has 3 heteroatoms. The molecule has 18 heavy (non-hydrogen) atoms. The summed E-state index contributed by atoms with van der Waals surface area (Å²) in [5.41, 5.74) is 1.83. The predicted molar refractivity (Wildman–Crippen MR) is 74.9 cm³/mol. The highest BCUT2D eigenvalue weighted by Gasteiger charge is 2.23. The normalized spacial score (nSPS) is 16.1. The number of nitrogens with one attached hydrogen (secondary N) is 2. The number of anilines is 1. The third kappa shape index (κ3) is 3.76. The molecule has 0 spiro atoms. The van der Waals surface area contributed by atoms with Crippen molar-refractivity contribution in [2.75, 3.05) is 5.32 Å². The van der Waals surface area contributed by atoms with Crippen LogP contribution in [0.2, 0.25) is 0 Å². The van der Waals surface area contributed by atoms with Gasteiger partial charge in [-0.05, 0) is 50.5 Å². The fourth-order valence-corrected chi connectivity index (χ4v) is 2.00. The Morgan fingerprint density at radius 2 is 2.00 bits per heavy atom. The molecule has 1 fully saturated rings. The Labute approximate surface area is 109 Å². The van der Waals surface area contributed by atoms with Gasteiger partial charge in [0.25, 0.3) is 5.91 Å². The smallest absolute Gasteiger partial charge is 0.251 e. The van der Waals surface area contributed by atoms with Crippen LogP contribution in [-0.4, -0.2) is 18.0 Å². The summed E-state index contributed by atoms with van der Waals surface area (Å²) in [6.07, 6.45) is 4.58. The molecule has 1 saturated carbocycles. The SMILES string of the molecule is CCCC(C)Nc1ccc(C(=O)NC2CC2)cc1. The molecule has 1 aromatic rings. The summed E-state index contributed by atoms with van der Waals surface area (Å²) in [6, 6.07) is 8.63. The molecule has 1 unspecified atom stereocenters. The van der Waals surface area contributed by atoms with Crippen LogP contribution in [0, 0.1) is 0 Å². The van der Waals surface area contributed by atoms with Gasteiger partial charge >= 0.3 is 0 Å². The van der Waals surface area contributed by atoms with E-state index in [4.69, 9.17) is 0 Å². The van der Waals surface area contributed by atoms with Crippen molar-refractivity contribution in [3.63, 3.8) is 0 Å². The number of hydrogen-bond donors (Lipinski definition) is 2. The molecular weight excluding hydrogens is 224 g/mol. The molecular formula is C15H22N2O. The van der Waals surface area contributed by atoms with Gasteiger partial charge in [-0.15, -0.1) is 0 Å². The Balaban J connectivity index is 1.89. The Morgan fingerprint density at radius 3 is 2.56 bits per heavy atom. The third-order valence-electron chi connectivity index (χ3n) is 3.19. The van der Waals surface area contributed by atoms with Crippen molar-refractivity contribution < 1.29 is 4.79 Å². The number of benzene rings is 1. The summed E-state index contributed by atoms with van der Waals surface area (Å²) in [7, 11) is 0. The average Bonchev–Trinajstić information content (AvgIpc) is 3.14. The van der Waals surface area contributed by atoms with Crippen molar-refractivity contribution in [2.45, 2.75) is 51.6 Å². The largest absolute Gasteiger partial charge is 0.383 e. The molecule has 0 saturated heterocycles. The Bertz CT molecular complexity index is 395. The van der Waals surface area contributed by atoms with Crippen molar-refractivity contribution in [3.8, 4) is 0 Å². The van der Waals surface area contributed by atoms with Gasteiger partial charge in [0.1, 0.15) is 0 Å². The fourth-order valence-electron chi connectivity index (χ4n) is 2.00. The topological polar surface area (TPSA) is 41.1 Å². The maximum absolute atomic E-state index is 11.8. The highest BCUT2D eigenvalue weighted by Crippen LogP contribution is 2.19. The van der Waals surface area contributed by atoms with E-state index < -0.39 is 0 Å². The van der Waals surface area contributed by atoms with Gasteiger partial charge in [0, 0.05) is 23.3 Å². The van der Waals surface area contributed by atoms with Crippen LogP contribution in [0.5, 0.6) is 0 Å². The number of carbonyl (C=O) groups is 1. The minimum atomic E-state index is 0.0469. The van der Waals surface area contributed by atoms with Crippen molar-refractivity contribution >= 4 is 11.6 Å². The minimum absolute atomic E-state index is 0.0469. The third-order valence-corrected chi connectivity index (χ3v) is 3.19. The van der Waals surface area contributed by atoms with Crippen LogP contribution >= 0.6 is 0 Å². The Kier molecular flexibility index (Phi) is 4.24. The van der Waals surface area contributed by atoms with E-state index in [9.17, 15) is 4.79 Å². The number of carbonyl (C=O) groups excluding carboxylic acids is 1. The zero-order chi connectivity index (χ0) is 13.0. The van der Waals surface area contributed by atoms with Gasteiger partial charge in [0.15, 0.2) is 0 Å². The van der Waals surface area contributed by atoms with Crippen LogP contribution in [0.15, 0.2) is 24.3 Å². The van der Waals surface area contributed by atoms with E-state index in [2.05, 4.69) is 24.5 Å². The lowest BCUT2D eigenvalue weighted by molar-refractivity contribution is 0.0951. The molecule has 0 bridgehead atoms. The summed E-state index contributed by atoms with van der Waals surface area (Å²) < 4.78 is 0. The Morgan fingerprint density at radius 1 is 1.33 bits per heavy atom. The molecule has 1 aliphatic carbocycles. The maximum Gasteiger partial charge on any atom is 0.251 e. The van der Waals surface area contributed by atoms with E-state index >= 15 is 0 Å². The van der Waals surface area contributed by atoms with Crippen LogP contribution in [0.4, 0.5) is 5.69 Å². The first-order chi connectivity index (χ1) is 8.69. The van der Waals surface area contributed by atoms with Gasteiger partial charge in [-0.2, -0.15) is 0 Å². The van der Waals surface area contributed by atoms with Crippen LogP contribution in [0.1, 0.15) is 49.9 Å². The van der Waals surface area contributed by atoms with E-state index in [1.807, 2.05) is 24.3 Å². The van der Waals surface area contributed by atoms with Crippen LogP contribution in [0.3, 0.4) is 0 Å². The van der Waals surface area contributed by atoms with Gasteiger partial charge in [-0.25, -0.2) is 0 Å². The van der Waals surface area contributed by atoms with Crippen molar-refractivity contribution in [1.82, 2.24) is 5.32 Å². The molecule has 3 nitrogen and oxygen atoms in total. The number of amides is 1. The standard InChI is InChI=1S/C15H22N2O/c1-3-4-11(2)16-13-7-5-12(6-8-13)15(18)17-14-9-10-14/h5-8,11,14,16H,3-4,9-10H2,1-2H3,(H,17,18). The highest BCUT2D eigenvalue weighted by atomic mass is 16.1. The zero-order valence-electron chi connectivity index (χ0n) is 11.2. The van der Waals surface area contributed by atoms with Crippen molar-refractivity contribution in [2.24, 2.45) is 0 Å². The molecule has 0 radical (unpaired) electrons. The lowest BCUT2D eigenvalue weighted by atomic mass is 10.1. The Hall–Kier alpha value is -1.51. The molecule has 0 aliphatic heterocycles. The van der Waals surface area contributed by atoms with Gasteiger partial charge in [0.2, 0.25) is 0 Å². The fraction of sp³-hybridized carbons (Fsp3) is 0.533. The second-order valence-electron chi connectivity index (χ2n) is 5.16. The molecule has 0 heterocycles. The first-order valence-corrected chi connectivity index (χ1v) is 6.86. The monoisotopic (exact) mass is 246 g/mol. The lowest BCUT2D eigenvalue weighted by Crippen LogP contribution is -2.25. The second kappa shape index (κ2) is 5.89. The van der Waals surface area contributed by atoms with Crippen LogP contribution < -0.4 is 10.6 Å². The predicted octanol–water partition coefficient (Wildman–Crippen LogP) is 3.18. The van der Waals surface area contributed by atoms with Crippen LogP contribution in [-0.2, 0) is 0 Å².